The number of Topliss-reactive ketones (excluding diaryl/α,β-unsaturated/α-hetero) is 2. The van der Waals surface area contributed by atoms with E-state index < -0.39 is 91.8 Å². The van der Waals surface area contributed by atoms with E-state index in [1.165, 1.54) is 0 Å². The van der Waals surface area contributed by atoms with Crippen LogP contribution in [-0.4, -0.2) is 30.1 Å². The molecule has 0 spiro atoms. The van der Waals surface area contributed by atoms with Crippen LogP contribution in [0.4, 0.5) is 39.5 Å². The van der Waals surface area contributed by atoms with Crippen molar-refractivity contribution < 1.29 is 49.1 Å². The fourth-order valence-corrected chi connectivity index (χ4v) is 3.84. The van der Waals surface area contributed by atoms with Crippen LogP contribution in [0.1, 0.15) is 58.8 Å². The molecule has 1 saturated carbocycles. The molecule has 0 saturated heterocycles. The quantitative estimate of drug-likeness (QED) is 0.374. The number of hydrogen-bond acceptors (Lipinski definition) is 2. The molecule has 2 nitrogen and oxygen atoms in total. The Bertz CT molecular complexity index is 559. The molecular weight excluding hydrogens is 407 g/mol. The molecule has 1 fully saturated rings. The first-order valence-electron chi connectivity index (χ1n) is 8.75. The third-order valence-corrected chi connectivity index (χ3v) is 6.00. The maximum Gasteiger partial charge on any atom is 0.403 e. The number of carbonyl (C=O) groups is 2. The summed E-state index contributed by atoms with van der Waals surface area (Å²) >= 11 is 0. The van der Waals surface area contributed by atoms with Crippen molar-refractivity contribution >= 4 is 11.6 Å². The van der Waals surface area contributed by atoms with Gasteiger partial charge in [0.1, 0.15) is 11.2 Å². The summed E-state index contributed by atoms with van der Waals surface area (Å²) in [7, 11) is 0. The molecule has 1 aliphatic rings. The Hall–Kier alpha value is -1.29. The third kappa shape index (κ3) is 4.17. The predicted molar refractivity (Wildman–Crippen MR) is 80.2 cm³/mol. The van der Waals surface area contributed by atoms with E-state index in [0.29, 0.717) is 0 Å². The van der Waals surface area contributed by atoms with Crippen molar-refractivity contribution in [2.24, 2.45) is 16.7 Å². The van der Waals surface area contributed by atoms with E-state index in [9.17, 15) is 49.1 Å². The second-order valence-corrected chi connectivity index (χ2v) is 7.21. The van der Waals surface area contributed by atoms with Gasteiger partial charge in [0.05, 0.1) is 6.42 Å². The lowest BCUT2D eigenvalue weighted by Crippen LogP contribution is -2.52. The number of halogens is 9. The molecule has 0 bridgehead atoms. The first kappa shape index (κ1) is 24.7. The van der Waals surface area contributed by atoms with Gasteiger partial charge in [-0.1, -0.05) is 13.8 Å². The molecule has 1 rings (SSSR count). The van der Waals surface area contributed by atoms with Gasteiger partial charge in [0, 0.05) is 5.92 Å². The van der Waals surface area contributed by atoms with Crippen molar-refractivity contribution in [1.29, 1.82) is 0 Å². The van der Waals surface area contributed by atoms with Crippen LogP contribution in [0, 0.1) is 16.7 Å². The van der Waals surface area contributed by atoms with Gasteiger partial charge in [-0.15, -0.1) is 0 Å². The van der Waals surface area contributed by atoms with E-state index in [1.807, 2.05) is 0 Å². The number of carbonyl (C=O) groups excluding carboxylic acids is 2. The van der Waals surface area contributed by atoms with Crippen LogP contribution in [-0.2, 0) is 9.59 Å². The van der Waals surface area contributed by atoms with Crippen molar-refractivity contribution in [2.75, 3.05) is 0 Å². The molecule has 0 heterocycles. The summed E-state index contributed by atoms with van der Waals surface area (Å²) < 4.78 is 118. The minimum atomic E-state index is -5.56. The first-order valence-corrected chi connectivity index (χ1v) is 8.75. The van der Waals surface area contributed by atoms with Gasteiger partial charge in [-0.2, -0.15) is 39.5 Å². The first-order chi connectivity index (χ1) is 12.5. The van der Waals surface area contributed by atoms with E-state index in [1.54, 1.807) is 0 Å². The third-order valence-electron chi connectivity index (χ3n) is 6.00. The average molecular weight is 428 g/mol. The van der Waals surface area contributed by atoms with Crippen LogP contribution in [0.15, 0.2) is 0 Å². The molecule has 0 unspecified atom stereocenters. The fraction of sp³-hybridized carbons (Fsp3) is 0.882. The number of hydrogen-bond donors (Lipinski definition) is 0. The van der Waals surface area contributed by atoms with Gasteiger partial charge in [-0.05, 0) is 38.5 Å². The Labute approximate surface area is 155 Å². The van der Waals surface area contributed by atoms with E-state index in [4.69, 9.17) is 0 Å². The fourth-order valence-electron chi connectivity index (χ4n) is 3.84. The average Bonchev–Trinajstić information content (AvgIpc) is 2.53. The zero-order chi connectivity index (χ0) is 22.2. The van der Waals surface area contributed by atoms with E-state index in [2.05, 4.69) is 0 Å². The molecule has 0 aliphatic heterocycles. The molecule has 0 atom stereocenters. The summed E-state index contributed by atoms with van der Waals surface area (Å²) in [4.78, 5) is 24.3. The lowest BCUT2D eigenvalue weighted by Gasteiger charge is -2.42. The summed E-state index contributed by atoms with van der Waals surface area (Å²) in [5.41, 5.74) is -6.69. The van der Waals surface area contributed by atoms with Crippen molar-refractivity contribution in [3.05, 3.63) is 0 Å². The van der Waals surface area contributed by atoms with Crippen LogP contribution < -0.4 is 0 Å². The highest BCUT2D eigenvalue weighted by atomic mass is 19.4. The van der Waals surface area contributed by atoms with Gasteiger partial charge >= 0.3 is 18.5 Å². The van der Waals surface area contributed by atoms with Gasteiger partial charge < -0.3 is 0 Å². The van der Waals surface area contributed by atoms with Gasteiger partial charge in [-0.3, -0.25) is 9.59 Å². The highest BCUT2D eigenvalue weighted by Crippen LogP contribution is 2.59. The van der Waals surface area contributed by atoms with Gasteiger partial charge in [-0.25, -0.2) is 0 Å². The molecule has 0 radical (unpaired) electrons. The molecule has 11 heteroatoms. The molecule has 0 aromatic carbocycles. The minimum absolute atomic E-state index is 0.616. The van der Waals surface area contributed by atoms with Crippen molar-refractivity contribution in [2.45, 2.75) is 77.3 Å². The Morgan fingerprint density at radius 1 is 0.821 bits per heavy atom. The molecular formula is C17H21F9O2. The van der Waals surface area contributed by atoms with Crippen LogP contribution in [0.25, 0.3) is 0 Å². The Morgan fingerprint density at radius 3 is 1.50 bits per heavy atom. The molecule has 164 valence electrons. The van der Waals surface area contributed by atoms with Crippen LogP contribution in [0.5, 0.6) is 0 Å². The van der Waals surface area contributed by atoms with Crippen LogP contribution >= 0.6 is 0 Å². The zero-order valence-electron chi connectivity index (χ0n) is 15.2. The summed E-state index contributed by atoms with van der Waals surface area (Å²) in [5.74, 6) is -3.75. The van der Waals surface area contributed by atoms with Gasteiger partial charge in [0.15, 0.2) is 11.2 Å². The second kappa shape index (κ2) is 7.85. The highest BCUT2D eigenvalue weighted by molar-refractivity contribution is 6.03. The summed E-state index contributed by atoms with van der Waals surface area (Å²) in [6, 6.07) is 0. The lowest BCUT2D eigenvalue weighted by atomic mass is 9.67. The maximum atomic E-state index is 13.3. The van der Waals surface area contributed by atoms with Gasteiger partial charge in [0.2, 0.25) is 0 Å². The van der Waals surface area contributed by atoms with Gasteiger partial charge in [0.25, 0.3) is 0 Å². The standard InChI is InChI=1S/C17H21F9O2/c1-3-13(4-2,15(18,19)20)12(28)9-11(27)10-5-7-14(8-6-10,16(21,22)23)17(24,25)26/h10H,3-9H2,1-2H3. The summed E-state index contributed by atoms with van der Waals surface area (Å²) in [6.45, 7) is 2.25. The molecule has 0 aromatic rings. The Balaban J connectivity index is 2.94. The normalized spacial score (nSPS) is 19.5. The maximum absolute atomic E-state index is 13.3. The number of ketones is 2. The zero-order valence-corrected chi connectivity index (χ0v) is 15.2. The van der Waals surface area contributed by atoms with Crippen molar-refractivity contribution in [1.82, 2.24) is 0 Å². The predicted octanol–water partition coefficient (Wildman–Crippen LogP) is 6.18. The summed E-state index contributed by atoms with van der Waals surface area (Å²) in [5, 5.41) is 0. The van der Waals surface area contributed by atoms with Crippen LogP contribution in [0.2, 0.25) is 0 Å². The summed E-state index contributed by atoms with van der Waals surface area (Å²) in [6.07, 6.45) is -22.8. The Morgan fingerprint density at radius 2 is 1.21 bits per heavy atom. The smallest absolute Gasteiger partial charge is 0.299 e. The monoisotopic (exact) mass is 428 g/mol. The SMILES string of the molecule is CCC(CC)(C(=O)CC(=O)C1CCC(C(F)(F)F)(C(F)(F)F)CC1)C(F)(F)F. The van der Waals surface area contributed by atoms with E-state index in [0.717, 1.165) is 13.8 Å². The van der Waals surface area contributed by atoms with E-state index >= 15 is 0 Å². The topological polar surface area (TPSA) is 34.1 Å². The minimum Gasteiger partial charge on any atom is -0.299 e. The van der Waals surface area contributed by atoms with Crippen molar-refractivity contribution in [3.8, 4) is 0 Å². The number of alkyl halides is 9. The largest absolute Gasteiger partial charge is 0.403 e. The highest BCUT2D eigenvalue weighted by Gasteiger charge is 2.70. The molecule has 0 amide bonds. The van der Waals surface area contributed by atoms with Crippen LogP contribution in [0.3, 0.4) is 0 Å². The molecule has 1 aliphatic carbocycles. The lowest BCUT2D eigenvalue weighted by molar-refractivity contribution is -0.351. The molecule has 0 aromatic heterocycles. The van der Waals surface area contributed by atoms with E-state index in [-0.39, 0.29) is 0 Å². The second-order valence-electron chi connectivity index (χ2n) is 7.21. The Kier molecular flexibility index (Phi) is 6.94. The van der Waals surface area contributed by atoms with Crippen molar-refractivity contribution in [3.63, 3.8) is 0 Å². The molecule has 0 N–H and O–H groups in total. The molecule has 28 heavy (non-hydrogen) atoms. The number of rotatable bonds is 6.